The van der Waals surface area contributed by atoms with E-state index in [9.17, 15) is 9.90 Å². The number of nitrogens with zero attached hydrogens (tertiary/aromatic N) is 2. The lowest BCUT2D eigenvalue weighted by Crippen LogP contribution is -2.48. The summed E-state index contributed by atoms with van der Waals surface area (Å²) < 4.78 is 0. The molecule has 0 saturated carbocycles. The van der Waals surface area contributed by atoms with Gasteiger partial charge in [-0.15, -0.1) is 0 Å². The van der Waals surface area contributed by atoms with Gasteiger partial charge in [-0.25, -0.2) is 4.99 Å². The Morgan fingerprint density at radius 3 is 2.42 bits per heavy atom. The van der Waals surface area contributed by atoms with Crippen LogP contribution < -0.4 is 10.6 Å². The fourth-order valence-electron chi connectivity index (χ4n) is 2.24. The summed E-state index contributed by atoms with van der Waals surface area (Å²) >= 11 is 0. The molecule has 0 aromatic heterocycles. The molecule has 0 bridgehead atoms. The molecule has 1 aromatic carbocycles. The third-order valence-corrected chi connectivity index (χ3v) is 3.28. The molecule has 3 N–H and O–H groups in total. The minimum absolute atomic E-state index is 0.00788. The van der Waals surface area contributed by atoms with E-state index in [1.807, 2.05) is 59.0 Å². The highest BCUT2D eigenvalue weighted by Gasteiger charge is 2.16. The summed E-state index contributed by atoms with van der Waals surface area (Å²) in [5.41, 5.74) is 1.58. The largest absolute Gasteiger partial charge is 0.392 e. The maximum atomic E-state index is 12.1. The number of carbonyl (C=O) groups excluding carboxylic acids is 1. The summed E-state index contributed by atoms with van der Waals surface area (Å²) in [4.78, 5) is 18.5. The molecule has 0 atom stereocenters. The van der Waals surface area contributed by atoms with Crippen LogP contribution in [0.5, 0.6) is 0 Å². The van der Waals surface area contributed by atoms with Gasteiger partial charge in [-0.2, -0.15) is 0 Å². The fraction of sp³-hybridized carbons (Fsp3) is 0.556. The molecule has 0 heterocycles. The molecule has 0 aliphatic carbocycles. The molecule has 1 amide bonds. The Hall–Kier alpha value is -2.08. The summed E-state index contributed by atoms with van der Waals surface area (Å²) in [6.45, 7) is 9.23. The van der Waals surface area contributed by atoms with Gasteiger partial charge in [-0.1, -0.05) is 24.3 Å². The van der Waals surface area contributed by atoms with Crippen molar-refractivity contribution in [2.24, 2.45) is 4.99 Å². The van der Waals surface area contributed by atoms with Crippen LogP contribution in [0, 0.1) is 0 Å². The van der Waals surface area contributed by atoms with Gasteiger partial charge in [0.1, 0.15) is 0 Å². The number of hydrogen-bond acceptors (Lipinski definition) is 3. The van der Waals surface area contributed by atoms with Gasteiger partial charge >= 0.3 is 0 Å². The van der Waals surface area contributed by atoms with Crippen LogP contribution in [0.4, 0.5) is 0 Å². The second kappa shape index (κ2) is 9.27. The van der Waals surface area contributed by atoms with Gasteiger partial charge in [0.2, 0.25) is 5.91 Å². The number of amides is 1. The van der Waals surface area contributed by atoms with Crippen molar-refractivity contribution in [3.63, 3.8) is 0 Å². The second-order valence-corrected chi connectivity index (χ2v) is 6.75. The number of aliphatic hydroxyl groups excluding tert-OH is 1. The quantitative estimate of drug-likeness (QED) is 0.544. The van der Waals surface area contributed by atoms with E-state index in [0.29, 0.717) is 19.0 Å². The van der Waals surface area contributed by atoms with Gasteiger partial charge in [-0.05, 0) is 38.8 Å². The Kier molecular flexibility index (Phi) is 7.71. The predicted molar refractivity (Wildman–Crippen MR) is 97.7 cm³/mol. The molecule has 1 aromatic rings. The van der Waals surface area contributed by atoms with Crippen molar-refractivity contribution in [2.75, 3.05) is 20.1 Å². The van der Waals surface area contributed by atoms with Gasteiger partial charge < -0.3 is 20.6 Å². The fourth-order valence-corrected chi connectivity index (χ4v) is 2.24. The first-order valence-corrected chi connectivity index (χ1v) is 8.25. The normalized spacial score (nSPS) is 12.0. The van der Waals surface area contributed by atoms with Crippen molar-refractivity contribution in [1.29, 1.82) is 0 Å². The number of aliphatic hydroxyl groups is 1. The summed E-state index contributed by atoms with van der Waals surface area (Å²) in [5.74, 6) is 0.612. The Morgan fingerprint density at radius 2 is 1.88 bits per heavy atom. The lowest BCUT2D eigenvalue weighted by molar-refractivity contribution is -0.122. The second-order valence-electron chi connectivity index (χ2n) is 6.75. The molecule has 0 saturated heterocycles. The van der Waals surface area contributed by atoms with Crippen molar-refractivity contribution in [2.45, 2.75) is 46.4 Å². The third kappa shape index (κ3) is 7.00. The first-order chi connectivity index (χ1) is 11.3. The molecule has 0 aliphatic rings. The van der Waals surface area contributed by atoms with Crippen LogP contribution in [0.15, 0.2) is 29.3 Å². The summed E-state index contributed by atoms with van der Waals surface area (Å²) in [7, 11) is 1.84. The molecule has 0 radical (unpaired) electrons. The van der Waals surface area contributed by atoms with Gasteiger partial charge in [0.15, 0.2) is 5.96 Å². The van der Waals surface area contributed by atoms with Crippen LogP contribution in [0.2, 0.25) is 0 Å². The number of aliphatic imine (C=N–C) groups is 1. The molecular weight excluding hydrogens is 304 g/mol. The maximum Gasteiger partial charge on any atom is 0.240 e. The van der Waals surface area contributed by atoms with E-state index >= 15 is 0 Å². The minimum Gasteiger partial charge on any atom is -0.392 e. The zero-order chi connectivity index (χ0) is 18.2. The van der Waals surface area contributed by atoms with E-state index in [1.165, 1.54) is 0 Å². The van der Waals surface area contributed by atoms with E-state index in [1.54, 1.807) is 4.90 Å². The zero-order valence-corrected chi connectivity index (χ0v) is 15.4. The van der Waals surface area contributed by atoms with Crippen LogP contribution in [-0.4, -0.2) is 47.5 Å². The summed E-state index contributed by atoms with van der Waals surface area (Å²) in [5, 5.41) is 15.5. The minimum atomic E-state index is -0.256. The van der Waals surface area contributed by atoms with Crippen LogP contribution in [0.25, 0.3) is 0 Å². The van der Waals surface area contributed by atoms with Crippen molar-refractivity contribution in [3.05, 3.63) is 35.4 Å². The predicted octanol–water partition coefficient (Wildman–Crippen LogP) is 1.49. The van der Waals surface area contributed by atoms with Gasteiger partial charge in [0.05, 0.1) is 19.7 Å². The molecule has 0 fully saturated rings. The molecule has 6 heteroatoms. The summed E-state index contributed by atoms with van der Waals surface area (Å²) in [6, 6.07) is 7.66. The average Bonchev–Trinajstić information content (AvgIpc) is 2.49. The number of hydrogen-bond donors (Lipinski definition) is 3. The standard InChI is InChI=1S/C18H30N4O2/c1-6-19-17(22(5)12-16(24)21-18(2,3)4)20-11-14-9-7-8-10-15(14)13-23/h7-10,23H,6,11-13H2,1-5H3,(H,19,20)(H,21,24). The highest BCUT2D eigenvalue weighted by molar-refractivity contribution is 5.86. The lowest BCUT2D eigenvalue weighted by Gasteiger charge is -2.25. The van der Waals surface area contributed by atoms with Crippen molar-refractivity contribution >= 4 is 11.9 Å². The highest BCUT2D eigenvalue weighted by Crippen LogP contribution is 2.10. The Labute approximate surface area is 145 Å². The van der Waals surface area contributed by atoms with Crippen LogP contribution in [0.3, 0.4) is 0 Å². The number of nitrogens with one attached hydrogen (secondary N) is 2. The molecule has 0 unspecified atom stereocenters. The van der Waals surface area contributed by atoms with Gasteiger partial charge in [0, 0.05) is 19.1 Å². The van der Waals surface area contributed by atoms with E-state index in [2.05, 4.69) is 15.6 Å². The molecule has 134 valence electrons. The molecule has 6 nitrogen and oxygen atoms in total. The average molecular weight is 334 g/mol. The molecule has 1 rings (SSSR count). The monoisotopic (exact) mass is 334 g/mol. The molecular formula is C18H30N4O2. The first-order valence-electron chi connectivity index (χ1n) is 8.25. The van der Waals surface area contributed by atoms with E-state index in [0.717, 1.165) is 11.1 Å². The van der Waals surface area contributed by atoms with Crippen molar-refractivity contribution < 1.29 is 9.90 Å². The SMILES string of the molecule is CCNC(=NCc1ccccc1CO)N(C)CC(=O)NC(C)(C)C. The number of guanidine groups is 1. The number of benzene rings is 1. The van der Waals surface area contributed by atoms with Crippen molar-refractivity contribution in [1.82, 2.24) is 15.5 Å². The van der Waals surface area contributed by atoms with Gasteiger partial charge in [-0.3, -0.25) is 4.79 Å². The van der Waals surface area contributed by atoms with Crippen LogP contribution in [0.1, 0.15) is 38.8 Å². The molecule has 0 aliphatic heterocycles. The van der Waals surface area contributed by atoms with Crippen molar-refractivity contribution in [3.8, 4) is 0 Å². The topological polar surface area (TPSA) is 77.0 Å². The lowest BCUT2D eigenvalue weighted by atomic mass is 10.1. The maximum absolute atomic E-state index is 12.1. The number of likely N-dealkylation sites (N-methyl/N-ethyl adjacent to an activating group) is 1. The summed E-state index contributed by atoms with van der Waals surface area (Å²) in [6.07, 6.45) is 0. The van der Waals surface area contributed by atoms with Crippen LogP contribution in [-0.2, 0) is 17.9 Å². The van der Waals surface area contributed by atoms with E-state index in [4.69, 9.17) is 0 Å². The van der Waals surface area contributed by atoms with E-state index in [-0.39, 0.29) is 24.6 Å². The van der Waals surface area contributed by atoms with Gasteiger partial charge in [0.25, 0.3) is 0 Å². The third-order valence-electron chi connectivity index (χ3n) is 3.28. The zero-order valence-electron chi connectivity index (χ0n) is 15.4. The van der Waals surface area contributed by atoms with Crippen LogP contribution >= 0.6 is 0 Å². The smallest absolute Gasteiger partial charge is 0.240 e. The Morgan fingerprint density at radius 1 is 1.25 bits per heavy atom. The van der Waals surface area contributed by atoms with E-state index < -0.39 is 0 Å². The Bertz CT molecular complexity index is 564. The first kappa shape index (κ1) is 20.0. The molecule has 0 spiro atoms. The number of rotatable bonds is 6. The highest BCUT2D eigenvalue weighted by atomic mass is 16.3. The Balaban J connectivity index is 2.79. The number of carbonyl (C=O) groups is 1. The molecule has 24 heavy (non-hydrogen) atoms.